The number of amides is 2. The Labute approximate surface area is 161 Å². The molecule has 27 heavy (non-hydrogen) atoms. The number of carbonyl (C=O) groups excluding carboxylic acids is 2. The van der Waals surface area contributed by atoms with Crippen LogP contribution in [0.2, 0.25) is 0 Å². The van der Waals surface area contributed by atoms with Crippen molar-refractivity contribution in [3.8, 4) is 0 Å². The van der Waals surface area contributed by atoms with Gasteiger partial charge < -0.3 is 15.1 Å². The van der Waals surface area contributed by atoms with Gasteiger partial charge in [-0.25, -0.2) is 0 Å². The van der Waals surface area contributed by atoms with Crippen LogP contribution in [0.15, 0.2) is 64.6 Å². The molecule has 0 aliphatic rings. The number of thiophene rings is 1. The molecule has 0 radical (unpaired) electrons. The van der Waals surface area contributed by atoms with Gasteiger partial charge in [0.1, 0.15) is 5.76 Å². The largest absolute Gasteiger partial charge is 0.468 e. The maximum absolute atomic E-state index is 12.5. The van der Waals surface area contributed by atoms with Crippen LogP contribution in [0.25, 0.3) is 0 Å². The van der Waals surface area contributed by atoms with E-state index in [0.29, 0.717) is 24.3 Å². The number of carbonyl (C=O) groups is 2. The first-order valence-electron chi connectivity index (χ1n) is 8.53. The molecule has 0 fully saturated rings. The molecule has 0 bridgehead atoms. The Bertz CT molecular complexity index is 840. The van der Waals surface area contributed by atoms with E-state index in [1.807, 2.05) is 34.5 Å². The lowest BCUT2D eigenvalue weighted by atomic mass is 10.2. The van der Waals surface area contributed by atoms with Gasteiger partial charge in [0.15, 0.2) is 0 Å². The van der Waals surface area contributed by atoms with E-state index >= 15 is 0 Å². The van der Waals surface area contributed by atoms with Gasteiger partial charge >= 0.3 is 0 Å². The zero-order valence-corrected chi connectivity index (χ0v) is 15.8. The van der Waals surface area contributed by atoms with Crippen LogP contribution in [0.1, 0.15) is 21.0 Å². The lowest BCUT2D eigenvalue weighted by Crippen LogP contribution is -2.32. The number of nitrogens with zero attached hydrogens (tertiary/aromatic N) is 1. The lowest BCUT2D eigenvalue weighted by Gasteiger charge is -2.20. The molecule has 2 heterocycles. The zero-order valence-electron chi connectivity index (χ0n) is 15.0. The van der Waals surface area contributed by atoms with Gasteiger partial charge in [0.05, 0.1) is 19.4 Å². The van der Waals surface area contributed by atoms with E-state index in [0.717, 1.165) is 5.76 Å². The minimum absolute atomic E-state index is 0.146. The summed E-state index contributed by atoms with van der Waals surface area (Å²) >= 11 is 1.65. The molecular weight excluding hydrogens is 362 g/mol. The van der Waals surface area contributed by atoms with E-state index in [1.165, 1.54) is 4.88 Å². The molecule has 3 rings (SSSR count). The summed E-state index contributed by atoms with van der Waals surface area (Å²) in [5, 5.41) is 7.46. The fraction of sp³-hybridized carbons (Fsp3) is 0.200. The highest BCUT2D eigenvalue weighted by Gasteiger charge is 2.15. The summed E-state index contributed by atoms with van der Waals surface area (Å²) in [6.45, 7) is 1.41. The third-order valence-corrected chi connectivity index (χ3v) is 4.78. The van der Waals surface area contributed by atoms with E-state index in [2.05, 4.69) is 10.6 Å². The maximum Gasteiger partial charge on any atom is 0.251 e. The summed E-state index contributed by atoms with van der Waals surface area (Å²) in [4.78, 5) is 27.5. The van der Waals surface area contributed by atoms with Crippen molar-refractivity contribution in [1.82, 2.24) is 10.2 Å². The topological polar surface area (TPSA) is 74.6 Å². The van der Waals surface area contributed by atoms with Crippen LogP contribution in [-0.4, -0.2) is 30.3 Å². The fourth-order valence-electron chi connectivity index (χ4n) is 2.70. The van der Waals surface area contributed by atoms with Gasteiger partial charge in [-0.05, 0) is 41.8 Å². The van der Waals surface area contributed by atoms with Gasteiger partial charge in [-0.2, -0.15) is 0 Å². The maximum atomic E-state index is 12.5. The van der Waals surface area contributed by atoms with Crippen molar-refractivity contribution >= 4 is 28.8 Å². The van der Waals surface area contributed by atoms with Crippen molar-refractivity contribution in [2.24, 2.45) is 0 Å². The first kappa shape index (κ1) is 18.9. The van der Waals surface area contributed by atoms with Crippen molar-refractivity contribution in [2.75, 3.05) is 18.9 Å². The molecule has 6 nitrogen and oxygen atoms in total. The molecule has 0 aliphatic heterocycles. The normalized spacial score (nSPS) is 10.7. The molecule has 0 unspecified atom stereocenters. The Balaban J connectivity index is 1.65. The van der Waals surface area contributed by atoms with Crippen LogP contribution in [0.3, 0.4) is 0 Å². The summed E-state index contributed by atoms with van der Waals surface area (Å²) in [5.74, 6) is 0.469. The van der Waals surface area contributed by atoms with E-state index in [4.69, 9.17) is 4.42 Å². The second kappa shape index (κ2) is 9.16. The Morgan fingerprint density at radius 2 is 2.00 bits per heavy atom. The number of furan rings is 1. The molecule has 0 spiro atoms. The number of hydrogen-bond donors (Lipinski definition) is 2. The predicted molar refractivity (Wildman–Crippen MR) is 106 cm³/mol. The Morgan fingerprint density at radius 3 is 2.70 bits per heavy atom. The number of rotatable bonds is 8. The quantitative estimate of drug-likeness (QED) is 0.626. The van der Waals surface area contributed by atoms with Crippen molar-refractivity contribution in [3.05, 3.63) is 76.4 Å². The summed E-state index contributed by atoms with van der Waals surface area (Å²) < 4.78 is 5.42. The van der Waals surface area contributed by atoms with E-state index in [1.54, 1.807) is 48.9 Å². The highest BCUT2D eigenvalue weighted by atomic mass is 32.1. The van der Waals surface area contributed by atoms with Crippen LogP contribution in [0.5, 0.6) is 0 Å². The van der Waals surface area contributed by atoms with Crippen molar-refractivity contribution in [1.29, 1.82) is 0 Å². The summed E-state index contributed by atoms with van der Waals surface area (Å²) in [7, 11) is 1.57. The minimum atomic E-state index is -0.191. The average molecular weight is 383 g/mol. The second-order valence-corrected chi connectivity index (χ2v) is 7.04. The van der Waals surface area contributed by atoms with Crippen molar-refractivity contribution in [3.63, 3.8) is 0 Å². The highest BCUT2D eigenvalue weighted by Crippen LogP contribution is 2.16. The molecule has 0 atom stereocenters. The number of nitrogens with one attached hydrogen (secondary N) is 2. The lowest BCUT2D eigenvalue weighted by molar-refractivity contribution is -0.117. The number of benzene rings is 1. The average Bonchev–Trinajstić information content (AvgIpc) is 3.35. The standard InChI is InChI=1S/C20H21N3O3S/c1-21-20(25)15-5-2-6-16(11-15)22-19(24)14-23(12-17-7-3-9-26-17)13-18-8-4-10-27-18/h2-11H,12-14H2,1H3,(H,21,25)(H,22,24). The summed E-state index contributed by atoms with van der Waals surface area (Å²) in [6.07, 6.45) is 1.63. The molecule has 0 saturated heterocycles. The molecule has 0 aliphatic carbocycles. The van der Waals surface area contributed by atoms with Crippen LogP contribution in [-0.2, 0) is 17.9 Å². The molecule has 2 N–H and O–H groups in total. The van der Waals surface area contributed by atoms with E-state index < -0.39 is 0 Å². The highest BCUT2D eigenvalue weighted by molar-refractivity contribution is 7.09. The summed E-state index contributed by atoms with van der Waals surface area (Å²) in [6, 6.07) is 14.6. The molecule has 1 aromatic carbocycles. The van der Waals surface area contributed by atoms with Gasteiger partial charge in [0.2, 0.25) is 5.91 Å². The van der Waals surface area contributed by atoms with Crippen LogP contribution < -0.4 is 10.6 Å². The Morgan fingerprint density at radius 1 is 1.11 bits per heavy atom. The van der Waals surface area contributed by atoms with Gasteiger partial charge in [0, 0.05) is 29.7 Å². The predicted octanol–water partition coefficient (Wildman–Crippen LogP) is 3.34. The fourth-order valence-corrected chi connectivity index (χ4v) is 3.45. The Hall–Kier alpha value is -2.90. The van der Waals surface area contributed by atoms with Crippen LogP contribution in [0.4, 0.5) is 5.69 Å². The van der Waals surface area contributed by atoms with Gasteiger partial charge in [-0.1, -0.05) is 12.1 Å². The first-order valence-corrected chi connectivity index (χ1v) is 9.41. The second-order valence-electron chi connectivity index (χ2n) is 6.01. The van der Waals surface area contributed by atoms with Crippen LogP contribution >= 0.6 is 11.3 Å². The van der Waals surface area contributed by atoms with Crippen LogP contribution in [0, 0.1) is 0 Å². The van der Waals surface area contributed by atoms with Gasteiger partial charge in [-0.3, -0.25) is 14.5 Å². The molecule has 0 saturated carbocycles. The SMILES string of the molecule is CNC(=O)c1cccc(NC(=O)CN(Cc2ccco2)Cc2cccs2)c1. The van der Waals surface area contributed by atoms with E-state index in [9.17, 15) is 9.59 Å². The minimum Gasteiger partial charge on any atom is -0.468 e. The zero-order chi connectivity index (χ0) is 19.1. The van der Waals surface area contributed by atoms with Gasteiger partial charge in [0.25, 0.3) is 5.91 Å². The van der Waals surface area contributed by atoms with Crippen molar-refractivity contribution < 1.29 is 14.0 Å². The molecule has 3 aromatic rings. The molecular formula is C20H21N3O3S. The number of anilines is 1. The van der Waals surface area contributed by atoms with Crippen molar-refractivity contribution in [2.45, 2.75) is 13.1 Å². The third kappa shape index (κ3) is 5.54. The molecule has 140 valence electrons. The van der Waals surface area contributed by atoms with E-state index in [-0.39, 0.29) is 18.4 Å². The third-order valence-electron chi connectivity index (χ3n) is 3.92. The molecule has 2 aromatic heterocycles. The molecule has 7 heteroatoms. The van der Waals surface area contributed by atoms with Gasteiger partial charge in [-0.15, -0.1) is 11.3 Å². The first-order chi connectivity index (χ1) is 13.1. The Kier molecular flexibility index (Phi) is 6.40. The number of hydrogen-bond acceptors (Lipinski definition) is 5. The smallest absolute Gasteiger partial charge is 0.251 e. The monoisotopic (exact) mass is 383 g/mol. The molecule has 2 amide bonds. The summed E-state index contributed by atoms with van der Waals surface area (Å²) in [5.41, 5.74) is 1.09.